The van der Waals surface area contributed by atoms with Crippen molar-refractivity contribution in [3.05, 3.63) is 42.0 Å². The largest absolute Gasteiger partial charge is 0.289 e. The zero-order valence-corrected chi connectivity index (χ0v) is 11.9. The zero-order chi connectivity index (χ0) is 14.9. The molecular weight excluding hydrogens is 280 g/mol. The first-order valence-electron chi connectivity index (χ1n) is 6.05. The predicted molar refractivity (Wildman–Crippen MR) is 72.5 cm³/mol. The van der Waals surface area contributed by atoms with Crippen molar-refractivity contribution in [1.29, 1.82) is 0 Å². The summed E-state index contributed by atoms with van der Waals surface area (Å²) in [6, 6.07) is 5.43. The van der Waals surface area contributed by atoms with Crippen molar-refractivity contribution >= 4 is 15.9 Å². The molecule has 1 unspecified atom stereocenters. The van der Waals surface area contributed by atoms with Crippen LogP contribution in [-0.4, -0.2) is 36.4 Å². The molecule has 1 aromatic rings. The molecule has 1 heterocycles. The molecule has 20 heavy (non-hydrogen) atoms. The van der Waals surface area contributed by atoms with Crippen LogP contribution in [0.5, 0.6) is 0 Å². The van der Waals surface area contributed by atoms with E-state index in [4.69, 9.17) is 5.21 Å². The molecule has 1 aliphatic rings. The molecule has 1 aliphatic heterocycles. The number of amides is 1. The van der Waals surface area contributed by atoms with Crippen LogP contribution >= 0.6 is 0 Å². The molecule has 0 aliphatic carbocycles. The Kier molecular flexibility index (Phi) is 3.94. The summed E-state index contributed by atoms with van der Waals surface area (Å²) in [5.41, 5.74) is 3.08. The monoisotopic (exact) mass is 296 g/mol. The molecule has 108 valence electrons. The lowest BCUT2D eigenvalue weighted by molar-refractivity contribution is -0.132. The lowest BCUT2D eigenvalue weighted by atomic mass is 10.2. The molecule has 2 rings (SSSR count). The van der Waals surface area contributed by atoms with Gasteiger partial charge in [0.05, 0.1) is 4.90 Å². The quantitative estimate of drug-likeness (QED) is 0.491. The molecule has 0 saturated carbocycles. The molecule has 0 bridgehead atoms. The van der Waals surface area contributed by atoms with E-state index in [1.165, 1.54) is 17.6 Å². The summed E-state index contributed by atoms with van der Waals surface area (Å²) in [7, 11) is -3.79. The third-order valence-corrected chi connectivity index (χ3v) is 5.12. The summed E-state index contributed by atoms with van der Waals surface area (Å²) in [6.45, 7) is 5.66. The Bertz CT molecular complexity index is 637. The van der Waals surface area contributed by atoms with Crippen LogP contribution in [-0.2, 0) is 14.8 Å². The molecule has 0 radical (unpaired) electrons. The second-order valence-corrected chi connectivity index (χ2v) is 6.70. The molecule has 0 spiro atoms. The summed E-state index contributed by atoms with van der Waals surface area (Å²) in [4.78, 5) is 11.7. The maximum absolute atomic E-state index is 12.5. The van der Waals surface area contributed by atoms with Crippen molar-refractivity contribution in [2.45, 2.75) is 24.3 Å². The van der Waals surface area contributed by atoms with E-state index in [9.17, 15) is 13.2 Å². The smallest absolute Gasteiger partial charge is 0.262 e. The summed E-state index contributed by atoms with van der Waals surface area (Å²) in [6.07, 6.45) is 0.206. The Labute approximate surface area is 117 Å². The fourth-order valence-corrected chi connectivity index (χ4v) is 3.78. The predicted octanol–water partition coefficient (Wildman–Crippen LogP) is 0.820. The number of hydroxylamine groups is 1. The Morgan fingerprint density at radius 2 is 2.00 bits per heavy atom. The van der Waals surface area contributed by atoms with Crippen molar-refractivity contribution in [2.75, 3.05) is 6.54 Å². The van der Waals surface area contributed by atoms with Gasteiger partial charge >= 0.3 is 0 Å². The van der Waals surface area contributed by atoms with E-state index < -0.39 is 22.0 Å². The van der Waals surface area contributed by atoms with E-state index in [1.54, 1.807) is 12.1 Å². The van der Waals surface area contributed by atoms with Crippen molar-refractivity contribution in [2.24, 2.45) is 0 Å². The number of hydrogen-bond acceptors (Lipinski definition) is 4. The molecule has 1 amide bonds. The van der Waals surface area contributed by atoms with E-state index in [-0.39, 0.29) is 17.9 Å². The van der Waals surface area contributed by atoms with Gasteiger partial charge in [0.2, 0.25) is 10.0 Å². The second kappa shape index (κ2) is 5.35. The second-order valence-electron chi connectivity index (χ2n) is 4.81. The number of aryl methyl sites for hydroxylation is 1. The standard InChI is InChI=1S/C13H16N2O4S/c1-9-3-5-11(6-4-9)20(18,19)15-8-10(2)7-12(15)13(16)14-17/h3-6,12,17H,2,7-8H2,1H3,(H,14,16). The summed E-state index contributed by atoms with van der Waals surface area (Å²) in [5.74, 6) is -0.751. The van der Waals surface area contributed by atoms with Gasteiger partial charge in [-0.25, -0.2) is 13.9 Å². The molecule has 1 atom stereocenters. The molecule has 7 heteroatoms. The highest BCUT2D eigenvalue weighted by Crippen LogP contribution is 2.28. The minimum absolute atomic E-state index is 0.0777. The van der Waals surface area contributed by atoms with E-state index >= 15 is 0 Å². The van der Waals surface area contributed by atoms with Gasteiger partial charge < -0.3 is 0 Å². The van der Waals surface area contributed by atoms with Gasteiger partial charge in [-0.3, -0.25) is 10.0 Å². The number of hydrogen-bond donors (Lipinski definition) is 2. The highest BCUT2D eigenvalue weighted by Gasteiger charge is 2.40. The Balaban J connectivity index is 2.39. The maximum Gasteiger partial charge on any atom is 0.262 e. The fourth-order valence-electron chi connectivity index (χ4n) is 2.17. The van der Waals surface area contributed by atoms with Crippen LogP contribution in [0.1, 0.15) is 12.0 Å². The van der Waals surface area contributed by atoms with Crippen molar-refractivity contribution in [3.8, 4) is 0 Å². The zero-order valence-electron chi connectivity index (χ0n) is 11.0. The average Bonchev–Trinajstić information content (AvgIpc) is 2.81. The van der Waals surface area contributed by atoms with Gasteiger partial charge in [0.1, 0.15) is 6.04 Å². The van der Waals surface area contributed by atoms with E-state index in [1.807, 2.05) is 6.92 Å². The average molecular weight is 296 g/mol. The van der Waals surface area contributed by atoms with Crippen molar-refractivity contribution in [3.63, 3.8) is 0 Å². The van der Waals surface area contributed by atoms with Crippen LogP contribution in [0.3, 0.4) is 0 Å². The summed E-state index contributed by atoms with van der Waals surface area (Å²) < 4.78 is 26.2. The summed E-state index contributed by atoms with van der Waals surface area (Å²) in [5, 5.41) is 8.72. The lowest BCUT2D eigenvalue weighted by Crippen LogP contribution is -2.44. The highest BCUT2D eigenvalue weighted by atomic mass is 32.2. The van der Waals surface area contributed by atoms with Crippen LogP contribution < -0.4 is 5.48 Å². The number of benzene rings is 1. The third-order valence-electron chi connectivity index (χ3n) is 3.25. The van der Waals surface area contributed by atoms with E-state index in [0.717, 1.165) is 9.87 Å². The normalized spacial score (nSPS) is 20.1. The first-order chi connectivity index (χ1) is 9.36. The topological polar surface area (TPSA) is 86.7 Å². The van der Waals surface area contributed by atoms with Crippen LogP contribution in [0, 0.1) is 6.92 Å². The van der Waals surface area contributed by atoms with Gasteiger partial charge in [0, 0.05) is 6.54 Å². The SMILES string of the molecule is C=C1CC(C(=O)NO)N(S(=O)(=O)c2ccc(C)cc2)C1. The Hall–Kier alpha value is -1.70. The first-order valence-corrected chi connectivity index (χ1v) is 7.49. The maximum atomic E-state index is 12.5. The number of nitrogens with zero attached hydrogens (tertiary/aromatic N) is 1. The van der Waals surface area contributed by atoms with Gasteiger partial charge in [0.15, 0.2) is 0 Å². The number of nitrogens with one attached hydrogen (secondary N) is 1. The molecule has 2 N–H and O–H groups in total. The van der Waals surface area contributed by atoms with Gasteiger partial charge in [-0.1, -0.05) is 29.8 Å². The van der Waals surface area contributed by atoms with E-state index in [0.29, 0.717) is 5.57 Å². The third kappa shape index (κ3) is 2.60. The number of rotatable bonds is 3. The number of carbonyl (C=O) groups excluding carboxylic acids is 1. The molecule has 1 fully saturated rings. The van der Waals surface area contributed by atoms with Crippen LogP contribution in [0.15, 0.2) is 41.3 Å². The van der Waals surface area contributed by atoms with Crippen LogP contribution in [0.2, 0.25) is 0 Å². The Morgan fingerprint density at radius 1 is 1.40 bits per heavy atom. The molecule has 1 saturated heterocycles. The van der Waals surface area contributed by atoms with Crippen LogP contribution in [0.4, 0.5) is 0 Å². The first kappa shape index (κ1) is 14.7. The van der Waals surface area contributed by atoms with Gasteiger partial charge in [0.25, 0.3) is 5.91 Å². The fraction of sp³-hybridized carbons (Fsp3) is 0.308. The summed E-state index contributed by atoms with van der Waals surface area (Å²) >= 11 is 0. The van der Waals surface area contributed by atoms with Crippen molar-refractivity contribution < 1.29 is 18.4 Å². The highest BCUT2D eigenvalue weighted by molar-refractivity contribution is 7.89. The lowest BCUT2D eigenvalue weighted by Gasteiger charge is -2.22. The number of carbonyl (C=O) groups is 1. The van der Waals surface area contributed by atoms with Crippen molar-refractivity contribution in [1.82, 2.24) is 9.79 Å². The molecular formula is C13H16N2O4S. The van der Waals surface area contributed by atoms with Gasteiger partial charge in [-0.05, 0) is 25.5 Å². The van der Waals surface area contributed by atoms with Gasteiger partial charge in [-0.15, -0.1) is 0 Å². The minimum atomic E-state index is -3.79. The number of sulfonamides is 1. The molecule has 1 aromatic carbocycles. The molecule has 6 nitrogen and oxygen atoms in total. The van der Waals surface area contributed by atoms with Gasteiger partial charge in [-0.2, -0.15) is 4.31 Å². The minimum Gasteiger partial charge on any atom is -0.289 e. The van der Waals surface area contributed by atoms with Crippen LogP contribution in [0.25, 0.3) is 0 Å². The Morgan fingerprint density at radius 3 is 2.55 bits per heavy atom. The molecule has 0 aromatic heterocycles. The van der Waals surface area contributed by atoms with E-state index in [2.05, 4.69) is 6.58 Å².